The first-order valence-corrected chi connectivity index (χ1v) is 12.3. The van der Waals surface area contributed by atoms with Crippen molar-refractivity contribution in [3.05, 3.63) is 51.3 Å². The van der Waals surface area contributed by atoms with Crippen molar-refractivity contribution in [1.82, 2.24) is 9.36 Å². The Morgan fingerprint density at radius 3 is 2.63 bits per heavy atom. The fraction of sp³-hybridized carbons (Fsp3) is 0.211. The highest BCUT2D eigenvalue weighted by Gasteiger charge is 2.22. The predicted molar refractivity (Wildman–Crippen MR) is 121 cm³/mol. The summed E-state index contributed by atoms with van der Waals surface area (Å²) in [5.74, 6) is -0.0529. The van der Waals surface area contributed by atoms with Crippen LogP contribution < -0.4 is 15.0 Å². The predicted octanol–water partition coefficient (Wildman–Crippen LogP) is 3.42. The number of thioether (sulfide) groups is 1. The van der Waals surface area contributed by atoms with Crippen LogP contribution >= 0.6 is 23.1 Å². The lowest BCUT2D eigenvalue weighted by atomic mass is 10.1. The molecular formula is C19H21N3O5S3. The quantitative estimate of drug-likeness (QED) is 0.408. The summed E-state index contributed by atoms with van der Waals surface area (Å²) in [6.07, 6.45) is 6.52. The summed E-state index contributed by atoms with van der Waals surface area (Å²) >= 11 is 2.36. The molecule has 160 valence electrons. The topological polar surface area (TPSA) is 103 Å². The highest BCUT2D eigenvalue weighted by atomic mass is 32.2. The summed E-state index contributed by atoms with van der Waals surface area (Å²) in [4.78, 5) is 12.8. The molecule has 0 fully saturated rings. The molecule has 0 saturated heterocycles. The lowest BCUT2D eigenvalue weighted by molar-refractivity contribution is 0.372. The number of nitrogens with zero attached hydrogens (tertiary/aromatic N) is 2. The van der Waals surface area contributed by atoms with Gasteiger partial charge in [-0.2, -0.15) is 0 Å². The van der Waals surface area contributed by atoms with Crippen molar-refractivity contribution in [3.63, 3.8) is 0 Å². The van der Waals surface area contributed by atoms with Crippen LogP contribution in [0.25, 0.3) is 12.3 Å². The van der Waals surface area contributed by atoms with Crippen LogP contribution in [0, 0.1) is 6.92 Å². The van der Waals surface area contributed by atoms with E-state index in [1.807, 2.05) is 0 Å². The highest BCUT2D eigenvalue weighted by Crippen LogP contribution is 2.43. The van der Waals surface area contributed by atoms with Gasteiger partial charge in [0.2, 0.25) is 0 Å². The number of methoxy groups -OCH3 is 1. The number of rotatable bonds is 7. The number of anilines is 1. The number of hydrogen-bond donors (Lipinski definition) is 2. The van der Waals surface area contributed by atoms with E-state index in [4.69, 9.17) is 4.74 Å². The molecule has 1 aromatic carbocycles. The third kappa shape index (κ3) is 4.13. The Morgan fingerprint density at radius 1 is 1.37 bits per heavy atom. The first-order valence-electron chi connectivity index (χ1n) is 8.66. The van der Waals surface area contributed by atoms with Gasteiger partial charge >= 0.3 is 0 Å². The minimum absolute atomic E-state index is 0.103. The number of ether oxygens (including phenoxy) is 1. The van der Waals surface area contributed by atoms with Crippen LogP contribution in [0.4, 0.5) is 5.69 Å². The van der Waals surface area contributed by atoms with Gasteiger partial charge in [-0.1, -0.05) is 6.07 Å². The lowest BCUT2D eigenvalue weighted by Crippen LogP contribution is -2.16. The molecule has 3 aromatic rings. The molecule has 2 N–H and O–H groups in total. The van der Waals surface area contributed by atoms with Gasteiger partial charge in [-0.25, -0.2) is 13.1 Å². The SMILES string of the molecule is COc1cc(NS(=O)(=O)c2cccs2)c(SC)c(C=Cn2c(=O)c(C)cn2C)c1O. The van der Waals surface area contributed by atoms with Crippen LogP contribution in [0.5, 0.6) is 11.5 Å². The average Bonchev–Trinajstić information content (AvgIpc) is 3.32. The summed E-state index contributed by atoms with van der Waals surface area (Å²) < 4.78 is 36.4. The number of thiophene rings is 1. The van der Waals surface area contributed by atoms with Gasteiger partial charge in [0.1, 0.15) is 4.21 Å². The van der Waals surface area contributed by atoms with Crippen molar-refractivity contribution in [1.29, 1.82) is 0 Å². The summed E-state index contributed by atoms with van der Waals surface area (Å²) in [6, 6.07) is 4.59. The van der Waals surface area contributed by atoms with Crippen molar-refractivity contribution >= 4 is 51.1 Å². The zero-order chi connectivity index (χ0) is 22.1. The molecule has 2 heterocycles. The Labute approximate surface area is 182 Å². The Hall–Kier alpha value is -2.63. The second kappa shape index (κ2) is 8.62. The minimum atomic E-state index is -3.80. The zero-order valence-corrected chi connectivity index (χ0v) is 19.2. The van der Waals surface area contributed by atoms with E-state index in [2.05, 4.69) is 4.72 Å². The van der Waals surface area contributed by atoms with Crippen LogP contribution in [-0.4, -0.2) is 36.3 Å². The van der Waals surface area contributed by atoms with Gasteiger partial charge in [0.05, 0.1) is 12.8 Å². The molecule has 3 rings (SSSR count). The van der Waals surface area contributed by atoms with Crippen molar-refractivity contribution in [2.45, 2.75) is 16.0 Å². The van der Waals surface area contributed by atoms with Gasteiger partial charge < -0.3 is 9.84 Å². The number of phenolic OH excluding ortho intramolecular Hbond substituents is 1. The number of sulfonamides is 1. The number of aromatic nitrogens is 2. The second-order valence-electron chi connectivity index (χ2n) is 6.31. The Morgan fingerprint density at radius 2 is 2.10 bits per heavy atom. The first kappa shape index (κ1) is 22.1. The molecule has 0 spiro atoms. The molecule has 0 amide bonds. The van der Waals surface area contributed by atoms with Crippen molar-refractivity contribution in [2.24, 2.45) is 7.05 Å². The lowest BCUT2D eigenvalue weighted by Gasteiger charge is -2.17. The minimum Gasteiger partial charge on any atom is -0.504 e. The third-order valence-corrected chi connectivity index (χ3v) is 7.94. The summed E-state index contributed by atoms with van der Waals surface area (Å²) in [6.45, 7) is 1.71. The van der Waals surface area contributed by atoms with Crippen LogP contribution in [0.3, 0.4) is 0 Å². The molecule has 0 atom stereocenters. The van der Waals surface area contributed by atoms with Crippen molar-refractivity contribution in [3.8, 4) is 11.5 Å². The number of hydrogen-bond acceptors (Lipinski definition) is 7. The van der Waals surface area contributed by atoms with Gasteiger partial charge in [-0.05, 0) is 30.7 Å². The molecule has 0 radical (unpaired) electrons. The van der Waals surface area contributed by atoms with Crippen molar-refractivity contribution in [2.75, 3.05) is 18.1 Å². The Kier molecular flexibility index (Phi) is 6.34. The molecule has 2 aromatic heterocycles. The van der Waals surface area contributed by atoms with E-state index < -0.39 is 10.0 Å². The van der Waals surface area contributed by atoms with E-state index in [1.54, 1.807) is 48.6 Å². The molecule has 0 aliphatic heterocycles. The standard InChI is InChI=1S/C19H21N3O5S3/c1-12-11-21(2)22(19(12)24)8-7-13-17(23)15(27-3)10-14(18(13)28-4)20-30(25,26)16-6-5-9-29-16/h5-11,20,23H,1-4H3. The molecule has 8 nitrogen and oxygen atoms in total. The largest absolute Gasteiger partial charge is 0.504 e. The zero-order valence-electron chi connectivity index (χ0n) is 16.7. The van der Waals surface area contributed by atoms with Crippen LogP contribution in [0.15, 0.2) is 43.7 Å². The highest BCUT2D eigenvalue weighted by molar-refractivity contribution is 7.99. The van der Waals surface area contributed by atoms with Gasteiger partial charge in [0.15, 0.2) is 11.5 Å². The third-order valence-electron chi connectivity index (χ3n) is 4.33. The summed E-state index contributed by atoms with van der Waals surface area (Å²) in [7, 11) is -0.698. The van der Waals surface area contributed by atoms with Crippen LogP contribution in [0.2, 0.25) is 0 Å². The van der Waals surface area contributed by atoms with E-state index >= 15 is 0 Å². The van der Waals surface area contributed by atoms with Gasteiger partial charge in [-0.15, -0.1) is 23.1 Å². The Bertz CT molecular complexity index is 1260. The molecule has 0 unspecified atom stereocenters. The van der Waals surface area contributed by atoms with Crippen LogP contribution in [0.1, 0.15) is 11.1 Å². The first-order chi connectivity index (χ1) is 14.2. The monoisotopic (exact) mass is 467 g/mol. The maximum atomic E-state index is 12.7. The molecular weight excluding hydrogens is 446 g/mol. The van der Waals surface area contributed by atoms with E-state index in [0.717, 1.165) is 11.3 Å². The maximum Gasteiger partial charge on any atom is 0.273 e. The number of phenols is 1. The van der Waals surface area contributed by atoms with E-state index in [-0.39, 0.29) is 27.0 Å². The maximum absolute atomic E-state index is 12.7. The summed E-state index contributed by atoms with van der Waals surface area (Å²) in [5.41, 5.74) is 0.976. The smallest absolute Gasteiger partial charge is 0.273 e. The normalized spacial score (nSPS) is 11.9. The van der Waals surface area contributed by atoms with Crippen LogP contribution in [-0.2, 0) is 17.1 Å². The molecule has 11 heteroatoms. The molecule has 0 aliphatic carbocycles. The van der Waals surface area contributed by atoms with E-state index in [1.165, 1.54) is 41.9 Å². The fourth-order valence-electron chi connectivity index (χ4n) is 2.91. The second-order valence-corrected chi connectivity index (χ2v) is 9.98. The number of aromatic hydroxyl groups is 1. The summed E-state index contributed by atoms with van der Waals surface area (Å²) in [5, 5.41) is 12.3. The van der Waals surface area contributed by atoms with E-state index in [9.17, 15) is 18.3 Å². The fourth-order valence-corrected chi connectivity index (χ4v) is 5.74. The Balaban J connectivity index is 2.14. The number of nitrogens with one attached hydrogen (secondary N) is 1. The molecule has 0 aliphatic rings. The number of benzene rings is 1. The molecule has 0 bridgehead atoms. The van der Waals surface area contributed by atoms with Crippen molar-refractivity contribution < 1.29 is 18.3 Å². The number of aryl methyl sites for hydroxylation is 2. The van der Waals surface area contributed by atoms with Gasteiger partial charge in [0.25, 0.3) is 15.6 Å². The molecule has 30 heavy (non-hydrogen) atoms. The van der Waals surface area contributed by atoms with E-state index in [0.29, 0.717) is 16.0 Å². The van der Waals surface area contributed by atoms with Gasteiger partial charge in [0, 0.05) is 41.5 Å². The molecule has 0 saturated carbocycles. The average molecular weight is 468 g/mol. The van der Waals surface area contributed by atoms with Gasteiger partial charge in [-0.3, -0.25) is 14.2 Å².